The highest BCUT2D eigenvalue weighted by atomic mass is 35.5. The van der Waals surface area contributed by atoms with Gasteiger partial charge in [0.25, 0.3) is 5.91 Å². The predicted octanol–water partition coefficient (Wildman–Crippen LogP) is 3.44. The van der Waals surface area contributed by atoms with E-state index in [-0.39, 0.29) is 29.1 Å². The number of para-hydroxylation sites is 2. The molecule has 0 saturated carbocycles. The monoisotopic (exact) mass is 399 g/mol. The summed E-state index contributed by atoms with van der Waals surface area (Å²) in [5.41, 5.74) is 1.76. The maximum absolute atomic E-state index is 12.4. The molecule has 0 aliphatic carbocycles. The number of carbonyl (C=O) groups excluding carboxylic acids is 2. The van der Waals surface area contributed by atoms with Crippen LogP contribution in [0.2, 0.25) is 5.15 Å². The topological polar surface area (TPSA) is 85.5 Å². The Kier molecular flexibility index (Phi) is 5.25. The average molecular weight is 400 g/mol. The van der Waals surface area contributed by atoms with Gasteiger partial charge in [0.2, 0.25) is 0 Å². The molecule has 1 saturated heterocycles. The lowest BCUT2D eigenvalue weighted by Gasteiger charge is -2.30. The number of hydrogen-bond donors (Lipinski definition) is 0. The molecule has 28 heavy (non-hydrogen) atoms. The second-order valence-corrected chi connectivity index (χ2v) is 6.95. The molecule has 1 aliphatic heterocycles. The van der Waals surface area contributed by atoms with E-state index in [9.17, 15) is 9.59 Å². The van der Waals surface area contributed by atoms with Gasteiger partial charge in [0, 0.05) is 25.2 Å². The van der Waals surface area contributed by atoms with Gasteiger partial charge in [-0.2, -0.15) is 0 Å². The van der Waals surface area contributed by atoms with Crippen LogP contribution in [0.4, 0.5) is 0 Å². The summed E-state index contributed by atoms with van der Waals surface area (Å²) >= 11 is 5.86. The lowest BCUT2D eigenvalue weighted by Crippen LogP contribution is -2.40. The number of ether oxygens (including phenoxy) is 1. The normalized spacial score (nSPS) is 15.0. The van der Waals surface area contributed by atoms with Crippen LogP contribution in [-0.2, 0) is 9.53 Å². The molecule has 1 aromatic carbocycles. The first-order valence-electron chi connectivity index (χ1n) is 9.02. The quantitative estimate of drug-likeness (QED) is 0.493. The fourth-order valence-corrected chi connectivity index (χ4v) is 3.47. The molecule has 0 bridgehead atoms. The Balaban J connectivity index is 1.30. The van der Waals surface area contributed by atoms with Gasteiger partial charge in [-0.05, 0) is 37.1 Å². The maximum Gasteiger partial charge on any atom is 0.341 e. The van der Waals surface area contributed by atoms with Crippen LogP contribution in [0.1, 0.15) is 35.0 Å². The van der Waals surface area contributed by atoms with Crippen LogP contribution in [0.3, 0.4) is 0 Å². The standard InChI is InChI=1S/C20H18ClN3O4/c21-18-14(4-3-9-22-18)20(26)27-12-17(25)24-10-7-13(8-11-24)19-23-15-5-1-2-6-16(15)28-19/h1-6,9,13H,7-8,10-12H2. The van der Waals surface area contributed by atoms with Crippen LogP contribution in [0.25, 0.3) is 11.1 Å². The summed E-state index contributed by atoms with van der Waals surface area (Å²) in [5, 5.41) is 0.0547. The van der Waals surface area contributed by atoms with Crippen molar-refractivity contribution in [2.45, 2.75) is 18.8 Å². The molecule has 0 unspecified atom stereocenters. The van der Waals surface area contributed by atoms with E-state index in [0.717, 1.165) is 23.9 Å². The van der Waals surface area contributed by atoms with Gasteiger partial charge < -0.3 is 14.1 Å². The zero-order valence-electron chi connectivity index (χ0n) is 15.0. The molecule has 8 heteroatoms. The summed E-state index contributed by atoms with van der Waals surface area (Å²) in [6.07, 6.45) is 2.98. The van der Waals surface area contributed by atoms with E-state index in [1.165, 1.54) is 12.3 Å². The number of benzene rings is 1. The van der Waals surface area contributed by atoms with Crippen molar-refractivity contribution in [1.82, 2.24) is 14.9 Å². The van der Waals surface area contributed by atoms with Crippen LogP contribution in [-0.4, -0.2) is 46.4 Å². The van der Waals surface area contributed by atoms with E-state index in [1.807, 2.05) is 24.3 Å². The third kappa shape index (κ3) is 3.84. The summed E-state index contributed by atoms with van der Waals surface area (Å²) in [6.45, 7) is 0.804. The Morgan fingerprint density at radius 3 is 2.71 bits per heavy atom. The fraction of sp³-hybridized carbons (Fsp3) is 0.300. The zero-order chi connectivity index (χ0) is 19.5. The van der Waals surface area contributed by atoms with Crippen molar-refractivity contribution in [3.63, 3.8) is 0 Å². The lowest BCUT2D eigenvalue weighted by atomic mass is 9.97. The molecule has 0 radical (unpaired) electrons. The van der Waals surface area contributed by atoms with Crippen molar-refractivity contribution in [2.75, 3.05) is 19.7 Å². The minimum Gasteiger partial charge on any atom is -0.452 e. The summed E-state index contributed by atoms with van der Waals surface area (Å²) in [7, 11) is 0. The van der Waals surface area contributed by atoms with Gasteiger partial charge in [0.15, 0.2) is 18.1 Å². The van der Waals surface area contributed by atoms with E-state index in [0.29, 0.717) is 19.0 Å². The fourth-order valence-electron chi connectivity index (χ4n) is 3.28. The molecule has 144 valence electrons. The van der Waals surface area contributed by atoms with E-state index >= 15 is 0 Å². The number of piperidine rings is 1. The number of aromatic nitrogens is 2. The van der Waals surface area contributed by atoms with Crippen LogP contribution < -0.4 is 0 Å². The molecule has 1 amide bonds. The average Bonchev–Trinajstić information content (AvgIpc) is 3.16. The number of rotatable bonds is 4. The number of fused-ring (bicyclic) bond motifs is 1. The van der Waals surface area contributed by atoms with E-state index in [4.69, 9.17) is 20.8 Å². The number of likely N-dealkylation sites (tertiary alicyclic amines) is 1. The number of hydrogen-bond acceptors (Lipinski definition) is 6. The van der Waals surface area contributed by atoms with E-state index in [2.05, 4.69) is 9.97 Å². The number of halogens is 1. The second-order valence-electron chi connectivity index (χ2n) is 6.59. The Labute approximate surface area is 166 Å². The van der Waals surface area contributed by atoms with Gasteiger partial charge in [-0.3, -0.25) is 4.79 Å². The second kappa shape index (κ2) is 7.98. The van der Waals surface area contributed by atoms with Crippen LogP contribution in [0, 0.1) is 0 Å². The number of oxazole rings is 1. The van der Waals surface area contributed by atoms with Crippen molar-refractivity contribution < 1.29 is 18.7 Å². The SMILES string of the molecule is O=C(OCC(=O)N1CCC(c2nc3ccccc3o2)CC1)c1cccnc1Cl. The first-order valence-corrected chi connectivity index (χ1v) is 9.40. The van der Waals surface area contributed by atoms with Gasteiger partial charge in [-0.15, -0.1) is 0 Å². The minimum atomic E-state index is -0.659. The first kappa shape index (κ1) is 18.4. The number of nitrogens with zero attached hydrogens (tertiary/aromatic N) is 3. The first-order chi connectivity index (χ1) is 13.6. The van der Waals surface area contributed by atoms with Crippen molar-refractivity contribution >= 4 is 34.6 Å². The minimum absolute atomic E-state index is 0.0547. The van der Waals surface area contributed by atoms with Crippen LogP contribution in [0.15, 0.2) is 47.0 Å². The lowest BCUT2D eigenvalue weighted by molar-refractivity contribution is -0.135. The van der Waals surface area contributed by atoms with Crippen molar-refractivity contribution in [3.05, 3.63) is 59.2 Å². The largest absolute Gasteiger partial charge is 0.452 e. The molecular weight excluding hydrogens is 382 g/mol. The smallest absolute Gasteiger partial charge is 0.341 e. The molecule has 3 aromatic rings. The Bertz CT molecular complexity index is 978. The van der Waals surface area contributed by atoms with Gasteiger partial charge >= 0.3 is 5.97 Å². The van der Waals surface area contributed by atoms with Gasteiger partial charge in [0.05, 0.1) is 5.56 Å². The Hall–Kier alpha value is -2.93. The molecule has 1 fully saturated rings. The molecule has 0 N–H and O–H groups in total. The zero-order valence-corrected chi connectivity index (χ0v) is 15.8. The van der Waals surface area contributed by atoms with Gasteiger partial charge in [0.1, 0.15) is 10.7 Å². The van der Waals surface area contributed by atoms with Gasteiger partial charge in [-0.25, -0.2) is 14.8 Å². The number of pyridine rings is 1. The van der Waals surface area contributed by atoms with Gasteiger partial charge in [-0.1, -0.05) is 23.7 Å². The Morgan fingerprint density at radius 1 is 1.18 bits per heavy atom. The summed E-state index contributed by atoms with van der Waals surface area (Å²) in [6, 6.07) is 10.8. The van der Waals surface area contributed by atoms with E-state index < -0.39 is 5.97 Å². The third-order valence-corrected chi connectivity index (χ3v) is 5.11. The number of amides is 1. The predicted molar refractivity (Wildman–Crippen MR) is 102 cm³/mol. The highest BCUT2D eigenvalue weighted by Crippen LogP contribution is 2.29. The molecular formula is C20H18ClN3O4. The summed E-state index contributed by atoms with van der Waals surface area (Å²) in [5.74, 6) is -0.00339. The molecule has 0 spiro atoms. The molecule has 0 atom stereocenters. The van der Waals surface area contributed by atoms with Crippen molar-refractivity contribution in [1.29, 1.82) is 0 Å². The number of carbonyl (C=O) groups is 2. The summed E-state index contributed by atoms with van der Waals surface area (Å²) in [4.78, 5) is 34.5. The highest BCUT2D eigenvalue weighted by molar-refractivity contribution is 6.32. The highest BCUT2D eigenvalue weighted by Gasteiger charge is 2.27. The van der Waals surface area contributed by atoms with Crippen LogP contribution >= 0.6 is 11.6 Å². The molecule has 4 rings (SSSR count). The Morgan fingerprint density at radius 2 is 1.96 bits per heavy atom. The molecule has 3 heterocycles. The van der Waals surface area contributed by atoms with E-state index in [1.54, 1.807) is 11.0 Å². The van der Waals surface area contributed by atoms with Crippen molar-refractivity contribution in [2.24, 2.45) is 0 Å². The molecule has 7 nitrogen and oxygen atoms in total. The third-order valence-electron chi connectivity index (χ3n) is 4.81. The molecule has 2 aromatic heterocycles. The maximum atomic E-state index is 12.4. The molecule has 1 aliphatic rings. The van der Waals surface area contributed by atoms with Crippen molar-refractivity contribution in [3.8, 4) is 0 Å². The number of esters is 1. The van der Waals surface area contributed by atoms with Crippen LogP contribution in [0.5, 0.6) is 0 Å². The summed E-state index contributed by atoms with van der Waals surface area (Å²) < 4.78 is 10.9.